The Bertz CT molecular complexity index is 378. The number of ether oxygens (including phenoxy) is 1. The van der Waals surface area contributed by atoms with E-state index in [1.165, 1.54) is 12.0 Å². The van der Waals surface area contributed by atoms with Crippen molar-refractivity contribution < 1.29 is 19.4 Å². The molecule has 19 heavy (non-hydrogen) atoms. The lowest BCUT2D eigenvalue weighted by Gasteiger charge is -2.35. The van der Waals surface area contributed by atoms with E-state index in [0.717, 1.165) is 19.3 Å². The van der Waals surface area contributed by atoms with Crippen LogP contribution in [0.15, 0.2) is 11.6 Å². The minimum Gasteiger partial charge on any atom is -0.481 e. The molecular formula is C14H21NO4. The molecule has 1 aliphatic carbocycles. The van der Waals surface area contributed by atoms with Crippen LogP contribution in [0.4, 0.5) is 0 Å². The Morgan fingerprint density at radius 1 is 1.42 bits per heavy atom. The summed E-state index contributed by atoms with van der Waals surface area (Å²) in [4.78, 5) is 24.8. The van der Waals surface area contributed by atoms with Gasteiger partial charge in [0.15, 0.2) is 0 Å². The number of allylic oxidation sites excluding steroid dienone is 1. The highest BCUT2D eigenvalue weighted by molar-refractivity contribution is 5.80. The molecule has 1 fully saturated rings. The SMILES string of the molecule is O=C(O)C[C@@H]1COCCN1C(=O)CC1=CCCCC1. The van der Waals surface area contributed by atoms with E-state index >= 15 is 0 Å². The van der Waals surface area contributed by atoms with E-state index in [-0.39, 0.29) is 18.4 Å². The summed E-state index contributed by atoms with van der Waals surface area (Å²) < 4.78 is 5.28. The van der Waals surface area contributed by atoms with Crippen LogP contribution in [0, 0.1) is 0 Å². The molecular weight excluding hydrogens is 246 g/mol. The number of carbonyl (C=O) groups is 2. The fourth-order valence-corrected chi connectivity index (χ4v) is 2.71. The van der Waals surface area contributed by atoms with Crippen molar-refractivity contribution in [3.05, 3.63) is 11.6 Å². The number of amides is 1. The lowest BCUT2D eigenvalue weighted by molar-refractivity contribution is -0.145. The molecule has 0 aromatic heterocycles. The number of aliphatic carboxylic acids is 1. The minimum atomic E-state index is -0.884. The van der Waals surface area contributed by atoms with Crippen LogP contribution in [0.3, 0.4) is 0 Å². The largest absolute Gasteiger partial charge is 0.481 e. The van der Waals surface area contributed by atoms with Gasteiger partial charge in [-0.25, -0.2) is 0 Å². The maximum atomic E-state index is 12.3. The summed E-state index contributed by atoms with van der Waals surface area (Å²) >= 11 is 0. The summed E-state index contributed by atoms with van der Waals surface area (Å²) in [5.41, 5.74) is 1.21. The van der Waals surface area contributed by atoms with Crippen molar-refractivity contribution in [3.8, 4) is 0 Å². The first-order chi connectivity index (χ1) is 9.16. The first-order valence-corrected chi connectivity index (χ1v) is 6.93. The van der Waals surface area contributed by atoms with Gasteiger partial charge in [-0.05, 0) is 25.7 Å². The highest BCUT2D eigenvalue weighted by Crippen LogP contribution is 2.22. The van der Waals surface area contributed by atoms with Gasteiger partial charge in [-0.1, -0.05) is 11.6 Å². The minimum absolute atomic E-state index is 0.0369. The molecule has 5 heteroatoms. The number of hydrogen-bond acceptors (Lipinski definition) is 3. The van der Waals surface area contributed by atoms with Gasteiger partial charge < -0.3 is 14.7 Å². The van der Waals surface area contributed by atoms with Gasteiger partial charge in [-0.15, -0.1) is 0 Å². The van der Waals surface area contributed by atoms with Gasteiger partial charge in [0.1, 0.15) is 0 Å². The van der Waals surface area contributed by atoms with Crippen LogP contribution in [0.5, 0.6) is 0 Å². The Labute approximate surface area is 113 Å². The third kappa shape index (κ3) is 4.06. The average Bonchev–Trinajstić information content (AvgIpc) is 2.39. The second-order valence-corrected chi connectivity index (χ2v) is 5.20. The van der Waals surface area contributed by atoms with E-state index in [1.807, 2.05) is 0 Å². The van der Waals surface area contributed by atoms with E-state index in [0.29, 0.717) is 26.2 Å². The van der Waals surface area contributed by atoms with E-state index < -0.39 is 5.97 Å². The Hall–Kier alpha value is -1.36. The van der Waals surface area contributed by atoms with Gasteiger partial charge in [0, 0.05) is 13.0 Å². The Morgan fingerprint density at radius 3 is 2.95 bits per heavy atom. The summed E-state index contributed by atoms with van der Waals surface area (Å²) in [7, 11) is 0. The predicted octanol–water partition coefficient (Wildman–Crippen LogP) is 1.58. The summed E-state index contributed by atoms with van der Waals surface area (Å²) in [6.45, 7) is 1.34. The molecule has 1 heterocycles. The summed E-state index contributed by atoms with van der Waals surface area (Å²) in [6.07, 6.45) is 6.98. The molecule has 0 aromatic carbocycles. The zero-order valence-electron chi connectivity index (χ0n) is 11.1. The number of carboxylic acids is 1. The monoisotopic (exact) mass is 267 g/mol. The van der Waals surface area contributed by atoms with Crippen molar-refractivity contribution in [2.45, 2.75) is 44.6 Å². The second kappa shape index (κ2) is 6.70. The molecule has 106 valence electrons. The van der Waals surface area contributed by atoms with Gasteiger partial charge in [0.2, 0.25) is 5.91 Å². The highest BCUT2D eigenvalue weighted by atomic mass is 16.5. The third-order valence-corrected chi connectivity index (χ3v) is 3.72. The molecule has 0 spiro atoms. The fraction of sp³-hybridized carbons (Fsp3) is 0.714. The maximum absolute atomic E-state index is 12.3. The summed E-state index contributed by atoms with van der Waals surface area (Å²) in [5, 5.41) is 8.88. The number of nitrogens with zero attached hydrogens (tertiary/aromatic N) is 1. The van der Waals surface area contributed by atoms with Crippen LogP contribution in [0.2, 0.25) is 0 Å². The lowest BCUT2D eigenvalue weighted by atomic mass is 9.96. The van der Waals surface area contributed by atoms with Gasteiger partial charge in [0.25, 0.3) is 0 Å². The van der Waals surface area contributed by atoms with E-state index in [2.05, 4.69) is 6.08 Å². The van der Waals surface area contributed by atoms with Crippen molar-refractivity contribution in [3.63, 3.8) is 0 Å². The quantitative estimate of drug-likeness (QED) is 0.785. The Balaban J connectivity index is 1.94. The molecule has 1 aliphatic heterocycles. The standard InChI is InChI=1S/C14H21NO4/c16-13(8-11-4-2-1-3-5-11)15-6-7-19-10-12(15)9-14(17)18/h4,12H,1-3,5-10H2,(H,17,18)/t12-/m1/s1. The number of rotatable bonds is 4. The van der Waals surface area contributed by atoms with Gasteiger partial charge >= 0.3 is 5.97 Å². The van der Waals surface area contributed by atoms with Gasteiger partial charge in [-0.3, -0.25) is 9.59 Å². The van der Waals surface area contributed by atoms with E-state index in [4.69, 9.17) is 9.84 Å². The number of morpholine rings is 1. The summed E-state index contributed by atoms with van der Waals surface area (Å²) in [6, 6.07) is -0.317. The van der Waals surface area contributed by atoms with Crippen LogP contribution in [0.25, 0.3) is 0 Å². The maximum Gasteiger partial charge on any atom is 0.305 e. The molecule has 0 radical (unpaired) electrons. The smallest absolute Gasteiger partial charge is 0.305 e. The first kappa shape index (κ1) is 14.1. The second-order valence-electron chi connectivity index (χ2n) is 5.20. The van der Waals surface area contributed by atoms with Crippen LogP contribution < -0.4 is 0 Å². The molecule has 0 saturated carbocycles. The molecule has 1 amide bonds. The zero-order valence-corrected chi connectivity index (χ0v) is 11.1. The van der Waals surface area contributed by atoms with Crippen molar-refractivity contribution in [2.75, 3.05) is 19.8 Å². The molecule has 5 nitrogen and oxygen atoms in total. The summed E-state index contributed by atoms with van der Waals surface area (Å²) in [5.74, 6) is -0.840. The Morgan fingerprint density at radius 2 is 2.26 bits per heavy atom. The van der Waals surface area contributed by atoms with Crippen LogP contribution in [0.1, 0.15) is 38.5 Å². The molecule has 1 N–H and O–H groups in total. The van der Waals surface area contributed by atoms with Gasteiger partial charge in [0.05, 0.1) is 25.7 Å². The lowest BCUT2D eigenvalue weighted by Crippen LogP contribution is -2.49. The average molecular weight is 267 g/mol. The Kier molecular flexibility index (Phi) is 4.96. The van der Waals surface area contributed by atoms with Crippen LogP contribution in [-0.4, -0.2) is 47.7 Å². The molecule has 2 aliphatic rings. The van der Waals surface area contributed by atoms with Crippen molar-refractivity contribution >= 4 is 11.9 Å². The molecule has 1 saturated heterocycles. The van der Waals surface area contributed by atoms with Crippen molar-refractivity contribution in [1.29, 1.82) is 0 Å². The predicted molar refractivity (Wildman–Crippen MR) is 69.7 cm³/mol. The van der Waals surface area contributed by atoms with E-state index in [9.17, 15) is 9.59 Å². The van der Waals surface area contributed by atoms with Crippen LogP contribution in [-0.2, 0) is 14.3 Å². The number of carboxylic acid groups (broad SMARTS) is 1. The third-order valence-electron chi connectivity index (χ3n) is 3.72. The van der Waals surface area contributed by atoms with Crippen molar-refractivity contribution in [2.24, 2.45) is 0 Å². The molecule has 2 rings (SSSR count). The number of carbonyl (C=O) groups excluding carboxylic acids is 1. The van der Waals surface area contributed by atoms with Gasteiger partial charge in [-0.2, -0.15) is 0 Å². The van der Waals surface area contributed by atoms with Crippen LogP contribution >= 0.6 is 0 Å². The molecule has 0 unspecified atom stereocenters. The molecule has 0 aromatic rings. The highest BCUT2D eigenvalue weighted by Gasteiger charge is 2.29. The normalized spacial score (nSPS) is 23.9. The zero-order chi connectivity index (χ0) is 13.7. The first-order valence-electron chi connectivity index (χ1n) is 6.93. The fourth-order valence-electron chi connectivity index (χ4n) is 2.71. The molecule has 1 atom stereocenters. The molecule has 0 bridgehead atoms. The van der Waals surface area contributed by atoms with Crippen molar-refractivity contribution in [1.82, 2.24) is 4.90 Å². The topological polar surface area (TPSA) is 66.8 Å². The number of hydrogen-bond donors (Lipinski definition) is 1. The van der Waals surface area contributed by atoms with E-state index in [1.54, 1.807) is 4.90 Å².